The summed E-state index contributed by atoms with van der Waals surface area (Å²) in [4.78, 5) is 2.50. The molecule has 2 rings (SSSR count). The normalized spacial score (nSPS) is 26.4. The molecule has 0 atom stereocenters. The molecule has 12 heavy (non-hydrogen) atoms. The average molecular weight is 165 g/mol. The molecule has 1 nitrogen and oxygen atoms in total. The summed E-state index contributed by atoms with van der Waals surface area (Å²) in [5.74, 6) is 0. The van der Waals surface area contributed by atoms with Crippen molar-refractivity contribution < 1.29 is 0 Å². The highest BCUT2D eigenvalue weighted by Gasteiger charge is 2.43. The number of nitrogens with zero attached hydrogens (tertiary/aromatic N) is 1. The Morgan fingerprint density at radius 2 is 2.00 bits per heavy atom. The summed E-state index contributed by atoms with van der Waals surface area (Å²) in [6, 6.07) is 0.678. The molecule has 0 N–H and O–H groups in total. The summed E-state index contributed by atoms with van der Waals surface area (Å²) >= 11 is 0. The van der Waals surface area contributed by atoms with Crippen molar-refractivity contribution >= 4 is 0 Å². The van der Waals surface area contributed by atoms with Gasteiger partial charge < -0.3 is 4.90 Å². The van der Waals surface area contributed by atoms with Gasteiger partial charge in [0.1, 0.15) is 0 Å². The zero-order chi connectivity index (χ0) is 8.60. The van der Waals surface area contributed by atoms with Gasteiger partial charge >= 0.3 is 0 Å². The van der Waals surface area contributed by atoms with Crippen molar-refractivity contribution in [3.8, 4) is 0 Å². The van der Waals surface area contributed by atoms with Crippen LogP contribution in [0.5, 0.6) is 0 Å². The van der Waals surface area contributed by atoms with Crippen LogP contribution in [0, 0.1) is 5.41 Å². The minimum Gasteiger partial charge on any atom is -0.375 e. The van der Waals surface area contributed by atoms with Crippen LogP contribution in [0.3, 0.4) is 0 Å². The van der Waals surface area contributed by atoms with E-state index in [1.165, 1.54) is 32.2 Å². The third kappa shape index (κ3) is 1.50. The van der Waals surface area contributed by atoms with Gasteiger partial charge in [-0.3, -0.25) is 0 Å². The van der Waals surface area contributed by atoms with Gasteiger partial charge in [0.15, 0.2) is 0 Å². The molecular weight excluding hydrogens is 146 g/mol. The number of allylic oxidation sites excluding steroid dienone is 1. The first-order valence-corrected chi connectivity index (χ1v) is 5.14. The topological polar surface area (TPSA) is 3.24 Å². The lowest BCUT2D eigenvalue weighted by atomic mass is 10.0. The van der Waals surface area contributed by atoms with E-state index < -0.39 is 0 Å². The quantitative estimate of drug-likeness (QED) is 0.577. The molecule has 1 aliphatic heterocycles. The average Bonchev–Trinajstić information content (AvgIpc) is 2.80. The lowest BCUT2D eigenvalue weighted by Gasteiger charge is -2.27. The van der Waals surface area contributed by atoms with Crippen molar-refractivity contribution in [2.45, 2.75) is 45.6 Å². The van der Waals surface area contributed by atoms with Gasteiger partial charge in [0.25, 0.3) is 0 Å². The monoisotopic (exact) mass is 165 g/mol. The van der Waals surface area contributed by atoms with Crippen LogP contribution in [0.4, 0.5) is 0 Å². The minimum absolute atomic E-state index is 0.678. The van der Waals surface area contributed by atoms with Crippen LogP contribution in [-0.4, -0.2) is 17.5 Å². The fourth-order valence-electron chi connectivity index (χ4n) is 2.06. The first kappa shape index (κ1) is 8.15. The maximum absolute atomic E-state index is 2.50. The molecule has 0 amide bonds. The Balaban J connectivity index is 2.03. The Kier molecular flexibility index (Phi) is 1.90. The third-order valence-corrected chi connectivity index (χ3v) is 3.28. The van der Waals surface area contributed by atoms with Crippen molar-refractivity contribution in [3.05, 3.63) is 12.3 Å². The Morgan fingerprint density at radius 3 is 2.58 bits per heavy atom. The molecule has 68 valence electrons. The second kappa shape index (κ2) is 2.79. The van der Waals surface area contributed by atoms with Crippen molar-refractivity contribution in [1.29, 1.82) is 0 Å². The molecule has 0 aromatic rings. The van der Waals surface area contributed by atoms with Crippen molar-refractivity contribution in [3.63, 3.8) is 0 Å². The molecule has 0 aromatic carbocycles. The van der Waals surface area contributed by atoms with Crippen LogP contribution >= 0.6 is 0 Å². The number of hydrogen-bond donors (Lipinski definition) is 0. The second-order valence-electron chi connectivity index (χ2n) is 4.69. The summed E-state index contributed by atoms with van der Waals surface area (Å²) in [6.07, 6.45) is 10.3. The zero-order valence-electron chi connectivity index (χ0n) is 8.21. The molecule has 1 fully saturated rings. The zero-order valence-corrected chi connectivity index (χ0v) is 8.21. The van der Waals surface area contributed by atoms with E-state index in [-0.39, 0.29) is 0 Å². The van der Waals surface area contributed by atoms with E-state index in [0.29, 0.717) is 6.04 Å². The Morgan fingerprint density at radius 1 is 1.25 bits per heavy atom. The molecule has 0 radical (unpaired) electrons. The van der Waals surface area contributed by atoms with Gasteiger partial charge in [0.2, 0.25) is 0 Å². The van der Waals surface area contributed by atoms with Gasteiger partial charge in [-0.05, 0) is 51.1 Å². The predicted molar refractivity (Wildman–Crippen MR) is 51.9 cm³/mol. The lowest BCUT2D eigenvalue weighted by Crippen LogP contribution is -2.30. The maximum Gasteiger partial charge on any atom is 0.0231 e. The van der Waals surface area contributed by atoms with Crippen LogP contribution in [0.25, 0.3) is 0 Å². The van der Waals surface area contributed by atoms with E-state index in [1.807, 2.05) is 0 Å². The van der Waals surface area contributed by atoms with Gasteiger partial charge in [-0.1, -0.05) is 6.08 Å². The summed E-state index contributed by atoms with van der Waals surface area (Å²) in [5, 5.41) is 0. The van der Waals surface area contributed by atoms with Crippen molar-refractivity contribution in [1.82, 2.24) is 4.90 Å². The molecule has 1 heterocycles. The summed E-state index contributed by atoms with van der Waals surface area (Å²) in [5.41, 5.74) is 0.730. The van der Waals surface area contributed by atoms with Crippen molar-refractivity contribution in [2.75, 3.05) is 6.54 Å². The van der Waals surface area contributed by atoms with Crippen LogP contribution in [0.2, 0.25) is 0 Å². The van der Waals surface area contributed by atoms with Gasteiger partial charge in [-0.25, -0.2) is 0 Å². The molecule has 0 bridgehead atoms. The molecule has 1 spiro atoms. The maximum atomic E-state index is 2.50. The van der Waals surface area contributed by atoms with Crippen LogP contribution < -0.4 is 0 Å². The Bertz CT molecular complexity index is 189. The van der Waals surface area contributed by atoms with Gasteiger partial charge in [-0.2, -0.15) is 0 Å². The SMILES string of the molecule is CC(C)N1C=CCCC2(CC2)C1. The molecule has 1 aliphatic carbocycles. The van der Waals surface area contributed by atoms with Gasteiger partial charge in [0.05, 0.1) is 0 Å². The van der Waals surface area contributed by atoms with E-state index in [2.05, 4.69) is 31.0 Å². The standard InChI is InChI=1S/C11H19N/c1-10(2)12-8-4-3-5-11(9-12)6-7-11/h4,8,10H,3,5-7,9H2,1-2H3. The van der Waals surface area contributed by atoms with Crippen LogP contribution in [0.1, 0.15) is 39.5 Å². The fourth-order valence-corrected chi connectivity index (χ4v) is 2.06. The Hall–Kier alpha value is -0.460. The van der Waals surface area contributed by atoms with Gasteiger partial charge in [-0.15, -0.1) is 0 Å². The molecule has 0 saturated heterocycles. The van der Waals surface area contributed by atoms with Crippen molar-refractivity contribution in [2.24, 2.45) is 5.41 Å². The highest BCUT2D eigenvalue weighted by molar-refractivity contribution is 5.02. The van der Waals surface area contributed by atoms with E-state index in [1.54, 1.807) is 0 Å². The lowest BCUT2D eigenvalue weighted by molar-refractivity contribution is 0.249. The van der Waals surface area contributed by atoms with E-state index >= 15 is 0 Å². The molecule has 0 unspecified atom stereocenters. The number of rotatable bonds is 1. The van der Waals surface area contributed by atoms with E-state index in [4.69, 9.17) is 0 Å². The third-order valence-electron chi connectivity index (χ3n) is 3.28. The first-order valence-electron chi connectivity index (χ1n) is 5.14. The highest BCUT2D eigenvalue weighted by Crippen LogP contribution is 2.51. The molecule has 1 saturated carbocycles. The minimum atomic E-state index is 0.678. The summed E-state index contributed by atoms with van der Waals surface area (Å²) in [7, 11) is 0. The molecule has 1 heteroatoms. The molecule has 2 aliphatic rings. The first-order chi connectivity index (χ1) is 5.72. The second-order valence-corrected chi connectivity index (χ2v) is 4.69. The van der Waals surface area contributed by atoms with Crippen LogP contribution in [0.15, 0.2) is 12.3 Å². The summed E-state index contributed by atoms with van der Waals surface area (Å²) in [6.45, 7) is 5.87. The molecule has 0 aromatic heterocycles. The largest absolute Gasteiger partial charge is 0.375 e. The smallest absolute Gasteiger partial charge is 0.0231 e. The molecular formula is C11H19N. The van der Waals surface area contributed by atoms with Gasteiger partial charge in [0, 0.05) is 12.6 Å². The van der Waals surface area contributed by atoms with E-state index in [9.17, 15) is 0 Å². The summed E-state index contributed by atoms with van der Waals surface area (Å²) < 4.78 is 0. The predicted octanol–water partition coefficient (Wildman–Crippen LogP) is 2.78. The highest BCUT2D eigenvalue weighted by atomic mass is 15.1. The Labute approximate surface area is 75.4 Å². The number of hydrogen-bond acceptors (Lipinski definition) is 1. The van der Waals surface area contributed by atoms with Crippen LogP contribution in [-0.2, 0) is 0 Å². The fraction of sp³-hybridized carbons (Fsp3) is 0.818. The van der Waals surface area contributed by atoms with E-state index in [0.717, 1.165) is 5.41 Å².